The second-order valence-corrected chi connectivity index (χ2v) is 5.81. The maximum absolute atomic E-state index is 5.78. The lowest BCUT2D eigenvalue weighted by atomic mass is 10.1. The summed E-state index contributed by atoms with van der Waals surface area (Å²) in [5, 5.41) is 3.50. The van der Waals surface area contributed by atoms with Crippen molar-refractivity contribution in [2.45, 2.75) is 38.5 Å². The van der Waals surface area contributed by atoms with Crippen LogP contribution in [0.4, 0.5) is 0 Å². The van der Waals surface area contributed by atoms with Gasteiger partial charge in [0.05, 0.1) is 32.0 Å². The molecule has 2 fully saturated rings. The molecular weight excluding hydrogens is 204 g/mol. The molecular formula is C12H24N2O2. The van der Waals surface area contributed by atoms with Crippen molar-refractivity contribution in [1.82, 2.24) is 10.2 Å². The number of ether oxygens (including phenoxy) is 2. The van der Waals surface area contributed by atoms with E-state index in [0.29, 0.717) is 12.1 Å². The van der Waals surface area contributed by atoms with Gasteiger partial charge in [-0.25, -0.2) is 0 Å². The van der Waals surface area contributed by atoms with Gasteiger partial charge in [-0.05, 0) is 20.8 Å². The van der Waals surface area contributed by atoms with E-state index in [1.165, 1.54) is 0 Å². The minimum atomic E-state index is 0.172. The molecule has 0 radical (unpaired) electrons. The second kappa shape index (κ2) is 5.00. The second-order valence-electron chi connectivity index (χ2n) is 5.81. The third-order valence-corrected chi connectivity index (χ3v) is 3.17. The molecule has 0 aromatic carbocycles. The monoisotopic (exact) mass is 228 g/mol. The van der Waals surface area contributed by atoms with Gasteiger partial charge in [-0.15, -0.1) is 0 Å². The molecule has 2 aliphatic heterocycles. The first-order valence-electron chi connectivity index (χ1n) is 6.23. The maximum atomic E-state index is 5.78. The average Bonchev–Trinajstić information content (AvgIpc) is 2.12. The van der Waals surface area contributed by atoms with Crippen LogP contribution in [0.25, 0.3) is 0 Å². The van der Waals surface area contributed by atoms with Crippen LogP contribution in [0, 0.1) is 0 Å². The molecule has 0 saturated carbocycles. The normalized spacial score (nSPS) is 29.1. The summed E-state index contributed by atoms with van der Waals surface area (Å²) in [6.45, 7) is 12.3. The molecule has 94 valence electrons. The Morgan fingerprint density at radius 1 is 1.31 bits per heavy atom. The Balaban J connectivity index is 1.73. The highest BCUT2D eigenvalue weighted by molar-refractivity contribution is 4.84. The molecule has 2 saturated heterocycles. The van der Waals surface area contributed by atoms with Gasteiger partial charge < -0.3 is 14.8 Å². The molecule has 0 aromatic rings. The van der Waals surface area contributed by atoms with Crippen LogP contribution in [-0.2, 0) is 9.47 Å². The Hall–Kier alpha value is -0.160. The van der Waals surface area contributed by atoms with Crippen LogP contribution in [-0.4, -0.2) is 62.0 Å². The van der Waals surface area contributed by atoms with Gasteiger partial charge >= 0.3 is 0 Å². The molecule has 2 heterocycles. The highest BCUT2D eigenvalue weighted by Crippen LogP contribution is 2.15. The van der Waals surface area contributed by atoms with Crippen molar-refractivity contribution < 1.29 is 9.47 Å². The summed E-state index contributed by atoms with van der Waals surface area (Å²) < 4.78 is 11.0. The maximum Gasteiger partial charge on any atom is 0.0827 e. The van der Waals surface area contributed by atoms with Crippen molar-refractivity contribution in [3.63, 3.8) is 0 Å². The summed E-state index contributed by atoms with van der Waals surface area (Å²) in [7, 11) is 0. The topological polar surface area (TPSA) is 33.7 Å². The summed E-state index contributed by atoms with van der Waals surface area (Å²) in [6, 6.07) is 0.640. The third kappa shape index (κ3) is 3.42. The fraction of sp³-hybridized carbons (Fsp3) is 1.00. The molecule has 0 aliphatic carbocycles. The van der Waals surface area contributed by atoms with Gasteiger partial charge in [-0.2, -0.15) is 0 Å². The fourth-order valence-corrected chi connectivity index (χ4v) is 2.05. The van der Waals surface area contributed by atoms with Gasteiger partial charge in [-0.3, -0.25) is 4.90 Å². The summed E-state index contributed by atoms with van der Waals surface area (Å²) in [4.78, 5) is 2.50. The summed E-state index contributed by atoms with van der Waals surface area (Å²) in [5.41, 5.74) is 0.172. The molecule has 0 aromatic heterocycles. The average molecular weight is 228 g/mol. The van der Waals surface area contributed by atoms with Gasteiger partial charge in [0.15, 0.2) is 0 Å². The Morgan fingerprint density at radius 2 is 2.06 bits per heavy atom. The predicted octanol–water partition coefficient (Wildman–Crippen LogP) is 0.474. The summed E-state index contributed by atoms with van der Waals surface area (Å²) in [5.74, 6) is 0. The molecule has 2 rings (SSSR count). The van der Waals surface area contributed by atoms with Gasteiger partial charge in [0.2, 0.25) is 0 Å². The van der Waals surface area contributed by atoms with E-state index >= 15 is 0 Å². The van der Waals surface area contributed by atoms with Gasteiger partial charge in [0, 0.05) is 25.2 Å². The molecule has 1 N–H and O–H groups in total. The SMILES string of the molecule is CC(C)(C)NCC1CN(C2COC2)CCO1. The van der Waals surface area contributed by atoms with Gasteiger partial charge in [-0.1, -0.05) is 0 Å². The van der Waals surface area contributed by atoms with E-state index in [0.717, 1.165) is 39.5 Å². The predicted molar refractivity (Wildman–Crippen MR) is 63.7 cm³/mol. The first-order valence-corrected chi connectivity index (χ1v) is 6.23. The molecule has 0 spiro atoms. The molecule has 1 atom stereocenters. The minimum Gasteiger partial charge on any atom is -0.378 e. The number of rotatable bonds is 3. The number of nitrogens with one attached hydrogen (secondary N) is 1. The van der Waals surface area contributed by atoms with E-state index in [1.807, 2.05) is 0 Å². The highest BCUT2D eigenvalue weighted by Gasteiger charge is 2.30. The number of nitrogens with zero attached hydrogens (tertiary/aromatic N) is 1. The fourth-order valence-electron chi connectivity index (χ4n) is 2.05. The van der Waals surface area contributed by atoms with E-state index in [9.17, 15) is 0 Å². The number of hydrogen-bond acceptors (Lipinski definition) is 4. The van der Waals surface area contributed by atoms with Crippen LogP contribution in [0.5, 0.6) is 0 Å². The Labute approximate surface area is 98.3 Å². The van der Waals surface area contributed by atoms with E-state index in [-0.39, 0.29) is 5.54 Å². The number of hydrogen-bond donors (Lipinski definition) is 1. The van der Waals surface area contributed by atoms with Crippen molar-refractivity contribution in [3.8, 4) is 0 Å². The first kappa shape index (κ1) is 12.3. The zero-order valence-corrected chi connectivity index (χ0v) is 10.7. The van der Waals surface area contributed by atoms with Crippen molar-refractivity contribution in [1.29, 1.82) is 0 Å². The molecule has 2 aliphatic rings. The number of morpholine rings is 1. The van der Waals surface area contributed by atoms with Crippen molar-refractivity contribution >= 4 is 0 Å². The lowest BCUT2D eigenvalue weighted by Crippen LogP contribution is -2.57. The third-order valence-electron chi connectivity index (χ3n) is 3.17. The van der Waals surface area contributed by atoms with Crippen molar-refractivity contribution in [2.75, 3.05) is 39.5 Å². The smallest absolute Gasteiger partial charge is 0.0827 e. The van der Waals surface area contributed by atoms with Crippen LogP contribution in [0.3, 0.4) is 0 Å². The molecule has 0 amide bonds. The van der Waals surface area contributed by atoms with E-state index in [2.05, 4.69) is 31.0 Å². The van der Waals surface area contributed by atoms with Crippen LogP contribution in [0.15, 0.2) is 0 Å². The molecule has 4 nitrogen and oxygen atoms in total. The van der Waals surface area contributed by atoms with Gasteiger partial charge in [0.25, 0.3) is 0 Å². The van der Waals surface area contributed by atoms with Crippen LogP contribution < -0.4 is 5.32 Å². The largest absolute Gasteiger partial charge is 0.378 e. The zero-order chi connectivity index (χ0) is 11.6. The van der Waals surface area contributed by atoms with Gasteiger partial charge in [0.1, 0.15) is 0 Å². The molecule has 4 heteroatoms. The van der Waals surface area contributed by atoms with Crippen molar-refractivity contribution in [3.05, 3.63) is 0 Å². The van der Waals surface area contributed by atoms with Crippen LogP contribution in [0.2, 0.25) is 0 Å². The van der Waals surface area contributed by atoms with Crippen molar-refractivity contribution in [2.24, 2.45) is 0 Å². The Morgan fingerprint density at radius 3 is 2.62 bits per heavy atom. The Bertz CT molecular complexity index is 224. The highest BCUT2D eigenvalue weighted by atomic mass is 16.5. The molecule has 16 heavy (non-hydrogen) atoms. The standard InChI is InChI=1S/C12H24N2O2/c1-12(2,3)13-6-11-7-14(4-5-16-11)10-8-15-9-10/h10-11,13H,4-9H2,1-3H3. The lowest BCUT2D eigenvalue weighted by Gasteiger charge is -2.42. The van der Waals surface area contributed by atoms with E-state index in [4.69, 9.17) is 9.47 Å². The summed E-state index contributed by atoms with van der Waals surface area (Å²) >= 11 is 0. The van der Waals surface area contributed by atoms with Crippen LogP contribution in [0.1, 0.15) is 20.8 Å². The van der Waals surface area contributed by atoms with E-state index < -0.39 is 0 Å². The molecule has 1 unspecified atom stereocenters. The lowest BCUT2D eigenvalue weighted by molar-refractivity contribution is -0.113. The molecule has 0 bridgehead atoms. The quantitative estimate of drug-likeness (QED) is 0.761. The summed E-state index contributed by atoms with van der Waals surface area (Å²) in [6.07, 6.45) is 0.327. The Kier molecular flexibility index (Phi) is 3.85. The first-order chi connectivity index (χ1) is 7.54. The van der Waals surface area contributed by atoms with E-state index in [1.54, 1.807) is 0 Å². The van der Waals surface area contributed by atoms with Crippen LogP contribution >= 0.6 is 0 Å². The zero-order valence-electron chi connectivity index (χ0n) is 10.7. The minimum absolute atomic E-state index is 0.172.